The third-order valence-electron chi connectivity index (χ3n) is 3.42. The fourth-order valence-electron chi connectivity index (χ4n) is 2.32. The van der Waals surface area contributed by atoms with Crippen molar-refractivity contribution < 1.29 is 19.1 Å². The molecule has 116 valence electrons. The lowest BCUT2D eigenvalue weighted by Crippen LogP contribution is -2.47. The van der Waals surface area contributed by atoms with Gasteiger partial charge in [0.05, 0.1) is 38.1 Å². The first-order valence-corrected chi connectivity index (χ1v) is 6.85. The first-order chi connectivity index (χ1) is 10.1. The first-order valence-electron chi connectivity index (χ1n) is 6.85. The molecule has 0 aliphatic carbocycles. The number of hydrogen-bond donors (Lipinski definition) is 1. The van der Waals surface area contributed by atoms with Crippen LogP contribution >= 0.6 is 0 Å². The maximum absolute atomic E-state index is 12.6. The Morgan fingerprint density at radius 3 is 3.00 bits per heavy atom. The van der Waals surface area contributed by atoms with Crippen LogP contribution in [0.2, 0.25) is 0 Å². The minimum Gasteiger partial charge on any atom is -0.469 e. The Morgan fingerprint density at radius 1 is 1.57 bits per heavy atom. The van der Waals surface area contributed by atoms with Crippen molar-refractivity contribution in [3.63, 3.8) is 0 Å². The number of nitrogen functional groups attached to an aromatic ring is 1. The van der Waals surface area contributed by atoms with Crippen LogP contribution in [0.1, 0.15) is 23.8 Å². The molecule has 2 heterocycles. The monoisotopic (exact) mass is 296 g/mol. The molecule has 1 aromatic rings. The second-order valence-corrected chi connectivity index (χ2v) is 4.79. The first kappa shape index (κ1) is 15.3. The van der Waals surface area contributed by atoms with E-state index in [-0.39, 0.29) is 24.4 Å². The molecule has 0 radical (unpaired) electrons. The molecule has 1 saturated heterocycles. The molecular formula is C13H20N4O4. The number of morpholine rings is 1. The third-order valence-corrected chi connectivity index (χ3v) is 3.42. The SMILES string of the molecule is CCn1ncc(N)c1C(=O)N1CCOC(CC(=O)OC)C1. The molecule has 1 aliphatic rings. The zero-order chi connectivity index (χ0) is 15.4. The van der Waals surface area contributed by atoms with Crippen molar-refractivity contribution in [3.05, 3.63) is 11.9 Å². The summed E-state index contributed by atoms with van der Waals surface area (Å²) in [4.78, 5) is 25.5. The number of aryl methyl sites for hydroxylation is 1. The number of carbonyl (C=O) groups is 2. The summed E-state index contributed by atoms with van der Waals surface area (Å²) in [6.45, 7) is 3.64. The van der Waals surface area contributed by atoms with E-state index in [0.717, 1.165) is 0 Å². The molecule has 1 atom stereocenters. The summed E-state index contributed by atoms with van der Waals surface area (Å²) in [6.07, 6.45) is 1.25. The second-order valence-electron chi connectivity index (χ2n) is 4.79. The number of aromatic nitrogens is 2. The maximum Gasteiger partial charge on any atom is 0.308 e. The number of hydrogen-bond acceptors (Lipinski definition) is 6. The van der Waals surface area contributed by atoms with Crippen LogP contribution in [0, 0.1) is 0 Å². The fraction of sp³-hybridized carbons (Fsp3) is 0.615. The molecule has 1 aromatic heterocycles. The number of amides is 1. The summed E-state index contributed by atoms with van der Waals surface area (Å²) >= 11 is 0. The van der Waals surface area contributed by atoms with Gasteiger partial charge in [0.1, 0.15) is 5.69 Å². The lowest BCUT2D eigenvalue weighted by molar-refractivity contribution is -0.145. The Labute approximate surface area is 122 Å². The van der Waals surface area contributed by atoms with E-state index in [9.17, 15) is 9.59 Å². The summed E-state index contributed by atoms with van der Waals surface area (Å²) in [5.74, 6) is -0.544. The van der Waals surface area contributed by atoms with Gasteiger partial charge in [-0.2, -0.15) is 5.10 Å². The van der Waals surface area contributed by atoms with Gasteiger partial charge in [0, 0.05) is 19.6 Å². The molecule has 2 rings (SSSR count). The van der Waals surface area contributed by atoms with E-state index in [0.29, 0.717) is 37.6 Å². The molecule has 1 aliphatic heterocycles. The van der Waals surface area contributed by atoms with Crippen molar-refractivity contribution in [2.75, 3.05) is 32.5 Å². The van der Waals surface area contributed by atoms with E-state index >= 15 is 0 Å². The predicted octanol–water partition coefficient (Wildman–Crippen LogP) is -0.111. The zero-order valence-corrected chi connectivity index (χ0v) is 12.2. The molecule has 2 N–H and O–H groups in total. The lowest BCUT2D eigenvalue weighted by Gasteiger charge is -2.32. The van der Waals surface area contributed by atoms with Gasteiger partial charge in [-0.1, -0.05) is 0 Å². The maximum atomic E-state index is 12.6. The van der Waals surface area contributed by atoms with Crippen LogP contribution in [-0.2, 0) is 20.8 Å². The van der Waals surface area contributed by atoms with E-state index in [1.807, 2.05) is 6.92 Å². The molecule has 8 heteroatoms. The average molecular weight is 296 g/mol. The zero-order valence-electron chi connectivity index (χ0n) is 12.2. The van der Waals surface area contributed by atoms with Crippen molar-refractivity contribution in [1.82, 2.24) is 14.7 Å². The Bertz CT molecular complexity index is 528. The number of nitrogens with two attached hydrogens (primary N) is 1. The Balaban J connectivity index is 2.08. The highest BCUT2D eigenvalue weighted by molar-refractivity contribution is 5.97. The van der Waals surface area contributed by atoms with Gasteiger partial charge in [0.15, 0.2) is 0 Å². The molecule has 1 fully saturated rings. The number of methoxy groups -OCH3 is 1. The lowest BCUT2D eigenvalue weighted by atomic mass is 10.2. The van der Waals surface area contributed by atoms with Crippen molar-refractivity contribution in [2.24, 2.45) is 0 Å². The number of carbonyl (C=O) groups excluding carboxylic acids is 2. The van der Waals surface area contributed by atoms with Crippen molar-refractivity contribution in [1.29, 1.82) is 0 Å². The summed E-state index contributed by atoms with van der Waals surface area (Å²) < 4.78 is 11.7. The highest BCUT2D eigenvalue weighted by Crippen LogP contribution is 2.17. The van der Waals surface area contributed by atoms with Crippen LogP contribution in [0.15, 0.2) is 6.20 Å². The number of ether oxygens (including phenoxy) is 2. The quantitative estimate of drug-likeness (QED) is 0.778. The topological polar surface area (TPSA) is 99.7 Å². The second kappa shape index (κ2) is 6.57. The predicted molar refractivity (Wildman–Crippen MR) is 74.6 cm³/mol. The molecular weight excluding hydrogens is 276 g/mol. The van der Waals surface area contributed by atoms with Gasteiger partial charge < -0.3 is 20.1 Å². The summed E-state index contributed by atoms with van der Waals surface area (Å²) in [6, 6.07) is 0. The van der Waals surface area contributed by atoms with Crippen LogP contribution in [0.3, 0.4) is 0 Å². The Morgan fingerprint density at radius 2 is 2.33 bits per heavy atom. The fourth-order valence-corrected chi connectivity index (χ4v) is 2.32. The molecule has 1 unspecified atom stereocenters. The standard InChI is InChI=1S/C13H20N4O4/c1-3-17-12(10(14)7-15-17)13(19)16-4-5-21-9(8-16)6-11(18)20-2/h7,9H,3-6,8,14H2,1-2H3. The van der Waals surface area contributed by atoms with Gasteiger partial charge in [0.2, 0.25) is 0 Å². The Hall–Kier alpha value is -2.09. The molecule has 21 heavy (non-hydrogen) atoms. The third kappa shape index (κ3) is 3.33. The van der Waals surface area contributed by atoms with E-state index < -0.39 is 0 Å². The van der Waals surface area contributed by atoms with Gasteiger partial charge in [-0.05, 0) is 6.92 Å². The summed E-state index contributed by atoms with van der Waals surface area (Å²) in [5.41, 5.74) is 6.57. The summed E-state index contributed by atoms with van der Waals surface area (Å²) in [5, 5.41) is 4.07. The molecule has 0 spiro atoms. The highest BCUT2D eigenvalue weighted by atomic mass is 16.5. The number of nitrogens with zero attached hydrogens (tertiary/aromatic N) is 3. The van der Waals surface area contributed by atoms with Crippen LogP contribution in [0.5, 0.6) is 0 Å². The highest BCUT2D eigenvalue weighted by Gasteiger charge is 2.29. The smallest absolute Gasteiger partial charge is 0.308 e. The Kier molecular flexibility index (Phi) is 4.79. The van der Waals surface area contributed by atoms with E-state index in [4.69, 9.17) is 10.5 Å². The van der Waals surface area contributed by atoms with Crippen LogP contribution in [-0.4, -0.2) is 59.5 Å². The number of anilines is 1. The van der Waals surface area contributed by atoms with Crippen molar-refractivity contribution in [3.8, 4) is 0 Å². The minimum absolute atomic E-state index is 0.128. The van der Waals surface area contributed by atoms with E-state index in [2.05, 4.69) is 9.84 Å². The van der Waals surface area contributed by atoms with Gasteiger partial charge in [-0.3, -0.25) is 14.3 Å². The number of esters is 1. The van der Waals surface area contributed by atoms with Crippen molar-refractivity contribution >= 4 is 17.6 Å². The van der Waals surface area contributed by atoms with Crippen LogP contribution < -0.4 is 5.73 Å². The van der Waals surface area contributed by atoms with Crippen molar-refractivity contribution in [2.45, 2.75) is 26.0 Å². The molecule has 0 saturated carbocycles. The van der Waals surface area contributed by atoms with Gasteiger partial charge in [0.25, 0.3) is 5.91 Å². The van der Waals surface area contributed by atoms with Gasteiger partial charge in [-0.25, -0.2) is 0 Å². The van der Waals surface area contributed by atoms with Gasteiger partial charge >= 0.3 is 5.97 Å². The molecule has 0 aromatic carbocycles. The van der Waals surface area contributed by atoms with E-state index in [1.54, 1.807) is 9.58 Å². The molecule has 8 nitrogen and oxygen atoms in total. The van der Waals surface area contributed by atoms with Crippen LogP contribution in [0.4, 0.5) is 5.69 Å². The average Bonchev–Trinajstić information content (AvgIpc) is 2.87. The van der Waals surface area contributed by atoms with E-state index in [1.165, 1.54) is 13.3 Å². The summed E-state index contributed by atoms with van der Waals surface area (Å²) in [7, 11) is 1.33. The number of rotatable bonds is 4. The minimum atomic E-state index is -0.354. The normalized spacial score (nSPS) is 18.6. The molecule has 1 amide bonds. The van der Waals surface area contributed by atoms with Crippen LogP contribution in [0.25, 0.3) is 0 Å². The van der Waals surface area contributed by atoms with Gasteiger partial charge in [-0.15, -0.1) is 0 Å². The largest absolute Gasteiger partial charge is 0.469 e. The molecule has 0 bridgehead atoms.